The third-order valence-corrected chi connectivity index (χ3v) is 4.10. The summed E-state index contributed by atoms with van der Waals surface area (Å²) >= 11 is 0. The summed E-state index contributed by atoms with van der Waals surface area (Å²) in [5.74, 6) is -0.580. The van der Waals surface area contributed by atoms with Crippen LogP contribution >= 0.6 is 0 Å². The lowest BCUT2D eigenvalue weighted by Gasteiger charge is -2.16. The number of amides is 3. The minimum atomic E-state index is -0.498. The molecule has 0 radical (unpaired) electrons. The molecule has 7 nitrogen and oxygen atoms in total. The van der Waals surface area contributed by atoms with Crippen molar-refractivity contribution in [2.75, 3.05) is 32.6 Å². The first-order chi connectivity index (χ1) is 13.4. The number of benzene rings is 2. The third-order valence-electron chi connectivity index (χ3n) is 4.10. The first-order valence-electron chi connectivity index (χ1n) is 8.97. The van der Waals surface area contributed by atoms with Gasteiger partial charge in [0.05, 0.1) is 20.2 Å². The summed E-state index contributed by atoms with van der Waals surface area (Å²) in [4.78, 5) is 37.9. The number of nitrogens with zero attached hydrogens (tertiary/aromatic N) is 1. The van der Waals surface area contributed by atoms with Crippen LogP contribution in [0.4, 0.5) is 5.69 Å². The van der Waals surface area contributed by atoms with Crippen LogP contribution in [0, 0.1) is 0 Å². The molecule has 2 N–H and O–H groups in total. The van der Waals surface area contributed by atoms with E-state index in [0.717, 1.165) is 17.7 Å². The van der Waals surface area contributed by atoms with E-state index >= 15 is 0 Å². The lowest BCUT2D eigenvalue weighted by Crippen LogP contribution is -2.41. The van der Waals surface area contributed by atoms with Gasteiger partial charge in [-0.25, -0.2) is 0 Å². The van der Waals surface area contributed by atoms with Gasteiger partial charge in [-0.15, -0.1) is 0 Å². The van der Waals surface area contributed by atoms with Gasteiger partial charge in [0.1, 0.15) is 5.75 Å². The van der Waals surface area contributed by atoms with E-state index in [0.29, 0.717) is 11.3 Å². The topological polar surface area (TPSA) is 87.7 Å². The summed E-state index contributed by atoms with van der Waals surface area (Å²) in [6, 6.07) is 14.0. The molecule has 2 rings (SSSR count). The number of aryl methyl sites for hydroxylation is 1. The summed E-state index contributed by atoms with van der Waals surface area (Å²) in [7, 11) is 3.17. The Hall–Kier alpha value is -3.19. The Balaban J connectivity index is 1.82. The number of carbonyl (C=O) groups is 3. The van der Waals surface area contributed by atoms with E-state index in [-0.39, 0.29) is 19.0 Å². The van der Waals surface area contributed by atoms with E-state index in [2.05, 4.69) is 10.6 Å². The zero-order valence-electron chi connectivity index (χ0n) is 16.3. The molecule has 0 spiro atoms. The second-order valence-corrected chi connectivity index (χ2v) is 6.34. The molecule has 0 aliphatic heterocycles. The second-order valence-electron chi connectivity index (χ2n) is 6.34. The van der Waals surface area contributed by atoms with Gasteiger partial charge in [-0.05, 0) is 49.4 Å². The number of anilines is 1. The molecule has 0 saturated carbocycles. The zero-order chi connectivity index (χ0) is 20.5. The monoisotopic (exact) mass is 383 g/mol. The number of methoxy groups -OCH3 is 1. The molecule has 0 aliphatic carbocycles. The first kappa shape index (κ1) is 21.1. The highest BCUT2D eigenvalue weighted by Gasteiger charge is 2.15. The predicted molar refractivity (Wildman–Crippen MR) is 107 cm³/mol. The van der Waals surface area contributed by atoms with Crippen molar-refractivity contribution in [1.82, 2.24) is 10.2 Å². The molecule has 148 valence electrons. The molecule has 28 heavy (non-hydrogen) atoms. The standard InChI is InChI=1S/C21H25N3O4/c1-4-15-7-5-6-8-18(15)22-19(25)13-24(2)14-20(26)23-21(27)16-9-11-17(28-3)12-10-16/h5-12H,4,13-14H2,1-3H3,(H,22,25)(H,23,26,27). The average Bonchev–Trinajstić information content (AvgIpc) is 2.68. The molecule has 2 aromatic carbocycles. The summed E-state index contributed by atoms with van der Waals surface area (Å²) < 4.78 is 5.03. The van der Waals surface area contributed by atoms with Gasteiger partial charge < -0.3 is 10.1 Å². The minimum absolute atomic E-state index is 0.0300. The fourth-order valence-electron chi connectivity index (χ4n) is 2.67. The number of hydrogen-bond donors (Lipinski definition) is 2. The van der Waals surface area contributed by atoms with Crippen molar-refractivity contribution < 1.29 is 19.1 Å². The molecule has 0 aromatic heterocycles. The lowest BCUT2D eigenvalue weighted by atomic mass is 10.1. The van der Waals surface area contributed by atoms with Gasteiger partial charge in [0, 0.05) is 11.3 Å². The summed E-state index contributed by atoms with van der Waals surface area (Å²) in [5.41, 5.74) is 2.16. The molecule has 2 aromatic rings. The Morgan fingerprint density at radius 2 is 1.61 bits per heavy atom. The van der Waals surface area contributed by atoms with Crippen molar-refractivity contribution in [3.05, 3.63) is 59.7 Å². The first-order valence-corrected chi connectivity index (χ1v) is 8.97. The highest BCUT2D eigenvalue weighted by atomic mass is 16.5. The van der Waals surface area contributed by atoms with Crippen LogP contribution in [0.2, 0.25) is 0 Å². The minimum Gasteiger partial charge on any atom is -0.497 e. The number of hydrogen-bond acceptors (Lipinski definition) is 5. The van der Waals surface area contributed by atoms with Gasteiger partial charge in [-0.2, -0.15) is 0 Å². The molecule has 0 saturated heterocycles. The molecule has 0 atom stereocenters. The van der Waals surface area contributed by atoms with Gasteiger partial charge in [0.25, 0.3) is 5.91 Å². The molecule has 0 fully saturated rings. The largest absolute Gasteiger partial charge is 0.497 e. The van der Waals surface area contributed by atoms with Crippen molar-refractivity contribution in [2.45, 2.75) is 13.3 Å². The Morgan fingerprint density at radius 1 is 0.964 bits per heavy atom. The maximum absolute atomic E-state index is 12.2. The quantitative estimate of drug-likeness (QED) is 0.729. The Morgan fingerprint density at radius 3 is 2.25 bits per heavy atom. The molecule has 3 amide bonds. The van der Waals surface area contributed by atoms with E-state index in [1.54, 1.807) is 36.2 Å². The molecular weight excluding hydrogens is 358 g/mol. The van der Waals surface area contributed by atoms with Crippen molar-refractivity contribution in [3.63, 3.8) is 0 Å². The lowest BCUT2D eigenvalue weighted by molar-refractivity contribution is -0.122. The number of ether oxygens (including phenoxy) is 1. The van der Waals surface area contributed by atoms with Crippen LogP contribution in [0.5, 0.6) is 5.75 Å². The number of imide groups is 1. The summed E-state index contributed by atoms with van der Waals surface area (Å²) in [6.07, 6.45) is 0.808. The van der Waals surface area contributed by atoms with E-state index < -0.39 is 11.8 Å². The highest BCUT2D eigenvalue weighted by molar-refractivity contribution is 6.05. The van der Waals surface area contributed by atoms with Crippen LogP contribution in [0.25, 0.3) is 0 Å². The van der Waals surface area contributed by atoms with Crippen molar-refractivity contribution >= 4 is 23.4 Å². The van der Waals surface area contributed by atoms with Gasteiger partial charge in [0.15, 0.2) is 0 Å². The third kappa shape index (κ3) is 6.21. The van der Waals surface area contributed by atoms with Gasteiger partial charge >= 0.3 is 0 Å². The Labute approximate surface area is 164 Å². The zero-order valence-corrected chi connectivity index (χ0v) is 16.3. The van der Waals surface area contributed by atoms with Crippen LogP contribution < -0.4 is 15.4 Å². The highest BCUT2D eigenvalue weighted by Crippen LogP contribution is 2.15. The molecule has 0 unspecified atom stereocenters. The van der Waals surface area contributed by atoms with Crippen LogP contribution in [-0.4, -0.2) is 49.9 Å². The SMILES string of the molecule is CCc1ccccc1NC(=O)CN(C)CC(=O)NC(=O)c1ccc(OC)cc1. The van der Waals surface area contributed by atoms with E-state index in [1.165, 1.54) is 7.11 Å². The van der Waals surface area contributed by atoms with E-state index in [9.17, 15) is 14.4 Å². The molecule has 0 aliphatic rings. The molecule has 7 heteroatoms. The van der Waals surface area contributed by atoms with Crippen LogP contribution in [0.1, 0.15) is 22.8 Å². The fourth-order valence-corrected chi connectivity index (χ4v) is 2.67. The Bertz CT molecular complexity index is 834. The van der Waals surface area contributed by atoms with E-state index in [4.69, 9.17) is 4.74 Å². The smallest absolute Gasteiger partial charge is 0.257 e. The molecular formula is C21H25N3O4. The van der Waals surface area contributed by atoms with Crippen molar-refractivity contribution in [1.29, 1.82) is 0 Å². The van der Waals surface area contributed by atoms with Crippen LogP contribution in [0.3, 0.4) is 0 Å². The number of para-hydroxylation sites is 1. The normalized spacial score (nSPS) is 10.4. The molecule has 0 heterocycles. The van der Waals surface area contributed by atoms with Crippen molar-refractivity contribution in [2.24, 2.45) is 0 Å². The van der Waals surface area contributed by atoms with Gasteiger partial charge in [-0.1, -0.05) is 25.1 Å². The molecule has 0 bridgehead atoms. The average molecular weight is 383 g/mol. The van der Waals surface area contributed by atoms with Crippen molar-refractivity contribution in [3.8, 4) is 5.75 Å². The van der Waals surface area contributed by atoms with Crippen LogP contribution in [0.15, 0.2) is 48.5 Å². The summed E-state index contributed by atoms with van der Waals surface area (Å²) in [5, 5.41) is 5.17. The number of rotatable bonds is 8. The Kier molecular flexibility index (Phi) is 7.71. The van der Waals surface area contributed by atoms with Crippen LogP contribution in [-0.2, 0) is 16.0 Å². The fraction of sp³-hybridized carbons (Fsp3) is 0.286. The van der Waals surface area contributed by atoms with Gasteiger partial charge in [-0.3, -0.25) is 24.6 Å². The van der Waals surface area contributed by atoms with Gasteiger partial charge in [0.2, 0.25) is 11.8 Å². The number of likely N-dealkylation sites (N-methyl/N-ethyl adjacent to an activating group) is 1. The number of carbonyl (C=O) groups excluding carboxylic acids is 3. The van der Waals surface area contributed by atoms with E-state index in [1.807, 2.05) is 31.2 Å². The maximum Gasteiger partial charge on any atom is 0.257 e. The number of nitrogens with one attached hydrogen (secondary N) is 2. The second kappa shape index (κ2) is 10.2. The summed E-state index contributed by atoms with van der Waals surface area (Å²) in [6.45, 7) is 1.97. The maximum atomic E-state index is 12.2. The predicted octanol–water partition coefficient (Wildman–Crippen LogP) is 2.08.